The second kappa shape index (κ2) is 8.10. The highest BCUT2D eigenvalue weighted by molar-refractivity contribution is 6.00. The van der Waals surface area contributed by atoms with Crippen LogP contribution < -0.4 is 0 Å². The molecule has 0 aromatic heterocycles. The van der Waals surface area contributed by atoms with Gasteiger partial charge in [-0.25, -0.2) is 4.39 Å². The van der Waals surface area contributed by atoms with Crippen LogP contribution in [0.2, 0.25) is 0 Å². The van der Waals surface area contributed by atoms with Crippen molar-refractivity contribution in [2.45, 2.75) is 40.5 Å². The third-order valence-corrected chi connectivity index (χ3v) is 4.93. The molecule has 0 unspecified atom stereocenters. The van der Waals surface area contributed by atoms with Gasteiger partial charge < -0.3 is 0 Å². The maximum absolute atomic E-state index is 14.8. The van der Waals surface area contributed by atoms with Crippen molar-refractivity contribution in [1.82, 2.24) is 0 Å². The molecule has 0 radical (unpaired) electrons. The standard InChI is InChI=1S/C26H27FO/c1-5-6-18-7-9-20(10-8-18)23-16-15-22(17-24(23)27)19-11-13-21(14-12-19)25(28)26(2,3)4/h7-17H,5-6H2,1-4H3. The van der Waals surface area contributed by atoms with E-state index in [9.17, 15) is 9.18 Å². The first-order chi connectivity index (χ1) is 13.3. The van der Waals surface area contributed by atoms with Gasteiger partial charge in [0.2, 0.25) is 0 Å². The Kier molecular flexibility index (Phi) is 5.79. The number of halogens is 1. The fourth-order valence-electron chi connectivity index (χ4n) is 3.32. The largest absolute Gasteiger partial charge is 0.294 e. The molecule has 28 heavy (non-hydrogen) atoms. The molecule has 144 valence electrons. The summed E-state index contributed by atoms with van der Waals surface area (Å²) in [6.45, 7) is 7.88. The summed E-state index contributed by atoms with van der Waals surface area (Å²) in [5.41, 5.74) is 4.73. The van der Waals surface area contributed by atoms with Crippen molar-refractivity contribution in [2.24, 2.45) is 5.41 Å². The molecule has 3 aromatic rings. The van der Waals surface area contributed by atoms with Crippen LogP contribution in [0.1, 0.15) is 50.0 Å². The highest BCUT2D eigenvalue weighted by atomic mass is 19.1. The van der Waals surface area contributed by atoms with Crippen LogP contribution >= 0.6 is 0 Å². The highest BCUT2D eigenvalue weighted by Crippen LogP contribution is 2.29. The number of Topliss-reactive ketones (excluding diaryl/α,β-unsaturated/α-hetero) is 1. The van der Waals surface area contributed by atoms with Crippen LogP contribution in [0, 0.1) is 11.2 Å². The minimum atomic E-state index is -0.415. The first kappa shape index (κ1) is 20.0. The van der Waals surface area contributed by atoms with Crippen molar-refractivity contribution >= 4 is 5.78 Å². The van der Waals surface area contributed by atoms with Gasteiger partial charge in [0.1, 0.15) is 5.82 Å². The predicted molar refractivity (Wildman–Crippen MR) is 115 cm³/mol. The zero-order chi connectivity index (χ0) is 20.3. The molecule has 0 aliphatic rings. The van der Waals surface area contributed by atoms with Crippen molar-refractivity contribution in [3.8, 4) is 22.3 Å². The Hall–Kier alpha value is -2.74. The van der Waals surface area contributed by atoms with E-state index < -0.39 is 5.41 Å². The topological polar surface area (TPSA) is 17.1 Å². The summed E-state index contributed by atoms with van der Waals surface area (Å²) in [7, 11) is 0. The minimum Gasteiger partial charge on any atom is -0.294 e. The smallest absolute Gasteiger partial charge is 0.168 e. The van der Waals surface area contributed by atoms with E-state index in [1.165, 1.54) is 5.56 Å². The Morgan fingerprint density at radius 2 is 1.39 bits per heavy atom. The fourth-order valence-corrected chi connectivity index (χ4v) is 3.32. The number of aryl methyl sites for hydroxylation is 1. The lowest BCUT2D eigenvalue weighted by Gasteiger charge is -2.16. The molecule has 0 atom stereocenters. The SMILES string of the molecule is CCCc1ccc(-c2ccc(-c3ccc(C(=O)C(C)(C)C)cc3)cc2F)cc1. The molecule has 0 amide bonds. The number of hydrogen-bond acceptors (Lipinski definition) is 1. The van der Waals surface area contributed by atoms with Gasteiger partial charge in [0.05, 0.1) is 0 Å². The molecule has 3 aromatic carbocycles. The van der Waals surface area contributed by atoms with E-state index in [1.807, 2.05) is 69.3 Å². The summed E-state index contributed by atoms with van der Waals surface area (Å²) in [5.74, 6) is -0.136. The Labute approximate surface area is 167 Å². The first-order valence-corrected chi connectivity index (χ1v) is 9.83. The van der Waals surface area contributed by atoms with E-state index >= 15 is 0 Å². The second-order valence-corrected chi connectivity index (χ2v) is 8.30. The summed E-state index contributed by atoms with van der Waals surface area (Å²) in [4.78, 5) is 12.4. The van der Waals surface area contributed by atoms with Gasteiger partial charge in [0, 0.05) is 16.5 Å². The second-order valence-electron chi connectivity index (χ2n) is 8.30. The van der Waals surface area contributed by atoms with Crippen LogP contribution in [0.25, 0.3) is 22.3 Å². The molecule has 0 fully saturated rings. The lowest BCUT2D eigenvalue weighted by Crippen LogP contribution is -2.19. The molecule has 0 bridgehead atoms. The third-order valence-electron chi connectivity index (χ3n) is 4.93. The molecule has 0 N–H and O–H groups in total. The third kappa shape index (κ3) is 4.39. The lowest BCUT2D eigenvalue weighted by atomic mass is 9.86. The lowest BCUT2D eigenvalue weighted by molar-refractivity contribution is 0.0858. The number of hydrogen-bond donors (Lipinski definition) is 0. The summed E-state index contributed by atoms with van der Waals surface area (Å²) >= 11 is 0. The van der Waals surface area contributed by atoms with Crippen LogP contribution in [-0.4, -0.2) is 5.78 Å². The van der Waals surface area contributed by atoms with E-state index in [2.05, 4.69) is 19.1 Å². The van der Waals surface area contributed by atoms with E-state index in [4.69, 9.17) is 0 Å². The Bertz CT molecular complexity index is 961. The van der Waals surface area contributed by atoms with Gasteiger partial charge in [0.25, 0.3) is 0 Å². The fraction of sp³-hybridized carbons (Fsp3) is 0.269. The zero-order valence-electron chi connectivity index (χ0n) is 17.1. The molecule has 0 saturated carbocycles. The maximum Gasteiger partial charge on any atom is 0.168 e. The molecular formula is C26H27FO. The predicted octanol–water partition coefficient (Wildman–Crippen LogP) is 7.34. The highest BCUT2D eigenvalue weighted by Gasteiger charge is 2.22. The van der Waals surface area contributed by atoms with Crippen LogP contribution in [0.5, 0.6) is 0 Å². The molecule has 0 aliphatic heterocycles. The quantitative estimate of drug-likeness (QED) is 0.427. The van der Waals surface area contributed by atoms with Gasteiger partial charge >= 0.3 is 0 Å². The maximum atomic E-state index is 14.8. The summed E-state index contributed by atoms with van der Waals surface area (Å²) < 4.78 is 14.8. The molecular weight excluding hydrogens is 347 g/mol. The number of ketones is 1. The van der Waals surface area contributed by atoms with Crippen LogP contribution in [0.4, 0.5) is 4.39 Å². The van der Waals surface area contributed by atoms with Crippen LogP contribution in [0.3, 0.4) is 0 Å². The van der Waals surface area contributed by atoms with Gasteiger partial charge in [-0.05, 0) is 34.7 Å². The monoisotopic (exact) mass is 374 g/mol. The molecule has 2 heteroatoms. The molecule has 0 spiro atoms. The summed E-state index contributed by atoms with van der Waals surface area (Å²) in [6.07, 6.45) is 2.14. The average Bonchev–Trinajstić information content (AvgIpc) is 2.68. The number of benzene rings is 3. The minimum absolute atomic E-state index is 0.104. The van der Waals surface area contributed by atoms with Gasteiger partial charge in [-0.15, -0.1) is 0 Å². The van der Waals surface area contributed by atoms with E-state index in [0.717, 1.165) is 29.5 Å². The Balaban J connectivity index is 1.85. The van der Waals surface area contributed by atoms with Crippen molar-refractivity contribution in [1.29, 1.82) is 0 Å². The molecule has 0 aliphatic carbocycles. The number of carbonyl (C=O) groups excluding carboxylic acids is 1. The summed E-state index contributed by atoms with van der Waals surface area (Å²) in [6, 6.07) is 20.8. The van der Waals surface area contributed by atoms with E-state index in [1.54, 1.807) is 6.07 Å². The van der Waals surface area contributed by atoms with Gasteiger partial charge in [0.15, 0.2) is 5.78 Å². The molecule has 0 heterocycles. The first-order valence-electron chi connectivity index (χ1n) is 9.83. The van der Waals surface area contributed by atoms with E-state index in [-0.39, 0.29) is 11.6 Å². The van der Waals surface area contributed by atoms with Crippen molar-refractivity contribution in [2.75, 3.05) is 0 Å². The van der Waals surface area contributed by atoms with Gasteiger partial charge in [-0.1, -0.05) is 94.8 Å². The Morgan fingerprint density at radius 1 is 0.821 bits per heavy atom. The van der Waals surface area contributed by atoms with Crippen molar-refractivity contribution in [3.63, 3.8) is 0 Å². The normalized spacial score (nSPS) is 11.5. The molecule has 3 rings (SSSR count). The van der Waals surface area contributed by atoms with E-state index in [0.29, 0.717) is 11.1 Å². The van der Waals surface area contributed by atoms with Crippen LogP contribution in [0.15, 0.2) is 66.7 Å². The molecule has 1 nitrogen and oxygen atoms in total. The van der Waals surface area contributed by atoms with Gasteiger partial charge in [-0.2, -0.15) is 0 Å². The zero-order valence-corrected chi connectivity index (χ0v) is 17.1. The number of rotatable bonds is 5. The van der Waals surface area contributed by atoms with Crippen molar-refractivity contribution < 1.29 is 9.18 Å². The van der Waals surface area contributed by atoms with Gasteiger partial charge in [-0.3, -0.25) is 4.79 Å². The molecule has 0 saturated heterocycles. The Morgan fingerprint density at radius 3 is 1.93 bits per heavy atom. The number of carbonyl (C=O) groups is 1. The van der Waals surface area contributed by atoms with Crippen molar-refractivity contribution in [3.05, 3.63) is 83.7 Å². The average molecular weight is 374 g/mol. The summed E-state index contributed by atoms with van der Waals surface area (Å²) in [5, 5.41) is 0. The van der Waals surface area contributed by atoms with Crippen LogP contribution in [-0.2, 0) is 6.42 Å².